The first-order valence-corrected chi connectivity index (χ1v) is 13.9. The van der Waals surface area contributed by atoms with Crippen molar-refractivity contribution in [3.8, 4) is 11.4 Å². The number of rotatable bonds is 6. The summed E-state index contributed by atoms with van der Waals surface area (Å²) in [5.74, 6) is 0.355. The molecule has 0 fully saturated rings. The first-order chi connectivity index (χ1) is 16.7. The first kappa shape index (κ1) is 23.7. The maximum Gasteiger partial charge on any atom is 0.243 e. The van der Waals surface area contributed by atoms with E-state index in [-0.39, 0.29) is 17.3 Å². The summed E-state index contributed by atoms with van der Waals surface area (Å²) in [5, 5.41) is 3.72. The number of carbonyl (C=O) groups excluding carboxylic acids is 1. The van der Waals surface area contributed by atoms with Crippen molar-refractivity contribution in [1.82, 2.24) is 14.3 Å². The minimum absolute atomic E-state index is 0.186. The summed E-state index contributed by atoms with van der Waals surface area (Å²) >= 11 is 1.57. The van der Waals surface area contributed by atoms with Gasteiger partial charge < -0.3 is 10.3 Å². The molecule has 0 radical (unpaired) electrons. The quantitative estimate of drug-likeness (QED) is 0.381. The molecule has 2 aromatic heterocycles. The van der Waals surface area contributed by atoms with Gasteiger partial charge in [0.05, 0.1) is 28.0 Å². The van der Waals surface area contributed by atoms with Crippen LogP contribution in [0, 0.1) is 13.8 Å². The average molecular weight is 509 g/mol. The number of H-pyrrole nitrogens is 1. The molecule has 0 atom stereocenters. The molecule has 2 N–H and O–H groups in total. The molecule has 1 aliphatic rings. The van der Waals surface area contributed by atoms with Crippen LogP contribution in [0.1, 0.15) is 34.4 Å². The van der Waals surface area contributed by atoms with Gasteiger partial charge in [-0.1, -0.05) is 18.2 Å². The van der Waals surface area contributed by atoms with Crippen LogP contribution < -0.4 is 5.32 Å². The molecule has 0 bridgehead atoms. The van der Waals surface area contributed by atoms with Gasteiger partial charge in [0.15, 0.2) is 0 Å². The van der Waals surface area contributed by atoms with Crippen LogP contribution >= 0.6 is 11.3 Å². The second-order valence-electron chi connectivity index (χ2n) is 9.07. The van der Waals surface area contributed by atoms with E-state index < -0.39 is 10.0 Å². The van der Waals surface area contributed by atoms with Crippen molar-refractivity contribution in [1.29, 1.82) is 0 Å². The molecule has 0 spiro atoms. The standard InChI is InChI=1S/C26H28N4O3S2/c1-16-12-13-18(14-17(16)2)35(32,33)30(3)15-23(31)29-26-24(19-8-4-7-11-22(19)34-26)25-27-20-9-5-6-10-21(20)28-25/h5-6,9-10,12-14H,4,7-8,11,15H2,1-3H3,(H,27,28)(H,29,31). The molecule has 1 amide bonds. The van der Waals surface area contributed by atoms with Crippen LogP contribution in [0.25, 0.3) is 22.4 Å². The second kappa shape index (κ2) is 9.22. The van der Waals surface area contributed by atoms with Gasteiger partial charge in [-0.3, -0.25) is 4.79 Å². The summed E-state index contributed by atoms with van der Waals surface area (Å²) in [4.78, 5) is 22.7. The summed E-state index contributed by atoms with van der Waals surface area (Å²) < 4.78 is 27.2. The fraction of sp³-hybridized carbons (Fsp3) is 0.308. The molecule has 35 heavy (non-hydrogen) atoms. The van der Waals surface area contributed by atoms with Gasteiger partial charge in [0.1, 0.15) is 10.8 Å². The third-order valence-corrected chi connectivity index (χ3v) is 9.61. The minimum atomic E-state index is -3.79. The highest BCUT2D eigenvalue weighted by atomic mass is 32.2. The van der Waals surface area contributed by atoms with E-state index in [1.54, 1.807) is 29.5 Å². The highest BCUT2D eigenvalue weighted by Gasteiger charge is 2.27. The van der Waals surface area contributed by atoms with Gasteiger partial charge in [0, 0.05) is 11.9 Å². The monoisotopic (exact) mass is 508 g/mol. The van der Waals surface area contributed by atoms with Gasteiger partial charge in [0.2, 0.25) is 15.9 Å². The van der Waals surface area contributed by atoms with Crippen molar-refractivity contribution in [3.05, 3.63) is 64.0 Å². The summed E-state index contributed by atoms with van der Waals surface area (Å²) in [6.45, 7) is 3.53. The SMILES string of the molecule is Cc1ccc(S(=O)(=O)N(C)CC(=O)Nc2sc3c(c2-c2nc4ccccc4[nH]2)CCCC3)cc1C. The molecule has 1 aliphatic carbocycles. The number of amides is 1. The number of anilines is 1. The summed E-state index contributed by atoms with van der Waals surface area (Å²) in [7, 11) is -2.36. The Morgan fingerprint density at radius 2 is 1.89 bits per heavy atom. The number of benzene rings is 2. The molecular formula is C26H28N4O3S2. The molecule has 0 saturated heterocycles. The molecule has 7 nitrogen and oxygen atoms in total. The van der Waals surface area contributed by atoms with E-state index in [1.165, 1.54) is 17.5 Å². The molecule has 182 valence electrons. The maximum absolute atomic E-state index is 13.1. The number of aryl methyl sites for hydroxylation is 3. The smallest absolute Gasteiger partial charge is 0.243 e. The Bertz CT molecular complexity index is 1500. The fourth-order valence-electron chi connectivity index (χ4n) is 4.48. The van der Waals surface area contributed by atoms with Gasteiger partial charge in [-0.25, -0.2) is 13.4 Å². The van der Waals surface area contributed by atoms with E-state index in [0.717, 1.165) is 68.5 Å². The summed E-state index contributed by atoms with van der Waals surface area (Å²) in [6.07, 6.45) is 4.14. The highest BCUT2D eigenvalue weighted by Crippen LogP contribution is 2.43. The Kier molecular flexibility index (Phi) is 6.25. The third kappa shape index (κ3) is 4.51. The fourth-order valence-corrected chi connectivity index (χ4v) is 7.00. The number of fused-ring (bicyclic) bond motifs is 2. The van der Waals surface area contributed by atoms with Crippen molar-refractivity contribution in [3.63, 3.8) is 0 Å². The molecule has 2 aromatic carbocycles. The Morgan fingerprint density at radius 3 is 2.66 bits per heavy atom. The number of carbonyl (C=O) groups is 1. The lowest BCUT2D eigenvalue weighted by atomic mass is 9.95. The van der Waals surface area contributed by atoms with Crippen LogP contribution in [0.4, 0.5) is 5.00 Å². The van der Waals surface area contributed by atoms with Crippen LogP contribution in [-0.4, -0.2) is 42.2 Å². The number of sulfonamides is 1. The normalized spacial score (nSPS) is 13.8. The number of nitrogens with zero attached hydrogens (tertiary/aromatic N) is 2. The predicted octanol–water partition coefficient (Wildman–Crippen LogP) is 5.05. The molecule has 2 heterocycles. The Labute approximate surface area is 209 Å². The largest absolute Gasteiger partial charge is 0.338 e. The van der Waals surface area contributed by atoms with Crippen LogP contribution in [0.2, 0.25) is 0 Å². The predicted molar refractivity (Wildman–Crippen MR) is 140 cm³/mol. The zero-order chi connectivity index (χ0) is 24.7. The molecule has 0 saturated carbocycles. The number of nitrogens with one attached hydrogen (secondary N) is 2. The van der Waals surface area contributed by atoms with Crippen molar-refractivity contribution in [2.75, 3.05) is 18.9 Å². The summed E-state index contributed by atoms with van der Waals surface area (Å²) in [6, 6.07) is 12.9. The van der Waals surface area contributed by atoms with Crippen LogP contribution in [0.5, 0.6) is 0 Å². The number of likely N-dealkylation sites (N-methyl/N-ethyl adjacent to an activating group) is 1. The maximum atomic E-state index is 13.1. The van der Waals surface area contributed by atoms with Gasteiger partial charge >= 0.3 is 0 Å². The van der Waals surface area contributed by atoms with E-state index in [9.17, 15) is 13.2 Å². The Balaban J connectivity index is 1.42. The number of thiophene rings is 1. The number of imidazole rings is 1. The van der Waals surface area contributed by atoms with Crippen molar-refractivity contribution < 1.29 is 13.2 Å². The molecule has 5 rings (SSSR count). The molecule has 4 aromatic rings. The van der Waals surface area contributed by atoms with Gasteiger partial charge in [0.25, 0.3) is 0 Å². The van der Waals surface area contributed by atoms with Gasteiger partial charge in [-0.15, -0.1) is 11.3 Å². The molecule has 0 aliphatic heterocycles. The van der Waals surface area contributed by atoms with E-state index in [1.807, 2.05) is 38.1 Å². The van der Waals surface area contributed by atoms with E-state index in [4.69, 9.17) is 4.98 Å². The lowest BCUT2D eigenvalue weighted by Crippen LogP contribution is -2.35. The number of aromatic nitrogens is 2. The van der Waals surface area contributed by atoms with Crippen molar-refractivity contribution in [2.45, 2.75) is 44.4 Å². The lowest BCUT2D eigenvalue weighted by Gasteiger charge is -2.17. The number of aromatic amines is 1. The van der Waals surface area contributed by atoms with Gasteiger partial charge in [-0.2, -0.15) is 4.31 Å². The van der Waals surface area contributed by atoms with Crippen LogP contribution in [0.15, 0.2) is 47.4 Å². The molecular weight excluding hydrogens is 480 g/mol. The topological polar surface area (TPSA) is 95.2 Å². The third-order valence-electron chi connectivity index (χ3n) is 6.60. The second-order valence-corrected chi connectivity index (χ2v) is 12.2. The lowest BCUT2D eigenvalue weighted by molar-refractivity contribution is -0.116. The van der Waals surface area contributed by atoms with Gasteiger partial charge in [-0.05, 0) is 80.5 Å². The van der Waals surface area contributed by atoms with Crippen LogP contribution in [-0.2, 0) is 27.7 Å². The van der Waals surface area contributed by atoms with E-state index >= 15 is 0 Å². The zero-order valence-corrected chi connectivity index (χ0v) is 21.6. The highest BCUT2D eigenvalue weighted by molar-refractivity contribution is 7.89. The summed E-state index contributed by atoms with van der Waals surface area (Å²) in [5.41, 5.74) is 5.87. The first-order valence-electron chi connectivity index (χ1n) is 11.7. The van der Waals surface area contributed by atoms with Crippen molar-refractivity contribution in [2.24, 2.45) is 0 Å². The number of hydrogen-bond donors (Lipinski definition) is 2. The van der Waals surface area contributed by atoms with E-state index in [0.29, 0.717) is 0 Å². The average Bonchev–Trinajstić information content (AvgIpc) is 3.41. The minimum Gasteiger partial charge on any atom is -0.338 e. The Hall–Kier alpha value is -3.01. The Morgan fingerprint density at radius 1 is 1.11 bits per heavy atom. The number of para-hydroxylation sites is 2. The van der Waals surface area contributed by atoms with Crippen molar-refractivity contribution >= 4 is 43.3 Å². The number of hydrogen-bond acceptors (Lipinski definition) is 5. The van der Waals surface area contributed by atoms with E-state index in [2.05, 4.69) is 10.3 Å². The molecule has 9 heteroatoms. The molecule has 0 unspecified atom stereocenters. The zero-order valence-electron chi connectivity index (χ0n) is 20.0. The van der Waals surface area contributed by atoms with Crippen LogP contribution in [0.3, 0.4) is 0 Å².